The summed E-state index contributed by atoms with van der Waals surface area (Å²) in [5, 5.41) is 3.16. The summed E-state index contributed by atoms with van der Waals surface area (Å²) in [5.41, 5.74) is 3.80. The molecular formula is C36H38F2N8O4. The molecule has 1 atom stereocenters. The zero-order valence-electron chi connectivity index (χ0n) is 27.9. The molecular weight excluding hydrogens is 646 g/mol. The second-order valence-electron chi connectivity index (χ2n) is 13.7. The first kappa shape index (κ1) is 32.3. The predicted octanol–water partition coefficient (Wildman–Crippen LogP) is 3.89. The lowest BCUT2D eigenvalue weighted by molar-refractivity contribution is -0.0691. The maximum Gasteiger partial charge on any atom is 0.276 e. The molecule has 0 spiro atoms. The number of amides is 1. The number of nitrogens with zero attached hydrogens (tertiary/aromatic N) is 7. The number of fused-ring (bicyclic) bond motifs is 3. The first-order chi connectivity index (χ1) is 24.1. The average Bonchev–Trinajstić information content (AvgIpc) is 3.44. The number of ether oxygens (including phenoxy) is 1. The number of anilines is 4. The molecule has 1 amide bonds. The van der Waals surface area contributed by atoms with Crippen LogP contribution in [0.2, 0.25) is 0 Å². The molecule has 0 saturated carbocycles. The summed E-state index contributed by atoms with van der Waals surface area (Å²) in [7, 11) is 1.63. The minimum Gasteiger partial charge on any atom is -0.378 e. The number of halogens is 2. The zero-order valence-corrected chi connectivity index (χ0v) is 27.9. The van der Waals surface area contributed by atoms with Crippen LogP contribution in [0.5, 0.6) is 0 Å². The van der Waals surface area contributed by atoms with Gasteiger partial charge in [-0.2, -0.15) is 0 Å². The van der Waals surface area contributed by atoms with Crippen molar-refractivity contribution in [2.24, 2.45) is 7.05 Å². The Morgan fingerprint density at radius 1 is 1.06 bits per heavy atom. The summed E-state index contributed by atoms with van der Waals surface area (Å²) >= 11 is 0. The van der Waals surface area contributed by atoms with Gasteiger partial charge in [-0.25, -0.2) is 18.7 Å². The molecule has 4 aromatic heterocycles. The number of hydrogen-bond acceptors (Lipinski definition) is 9. The van der Waals surface area contributed by atoms with E-state index in [9.17, 15) is 23.2 Å². The number of aromatic nitrogens is 4. The lowest BCUT2D eigenvalue weighted by Crippen LogP contribution is -2.59. The van der Waals surface area contributed by atoms with E-state index in [1.807, 2.05) is 18.3 Å². The average molecular weight is 685 g/mol. The Morgan fingerprint density at radius 2 is 1.90 bits per heavy atom. The molecule has 12 nitrogen and oxygen atoms in total. The number of aryl methyl sites for hydroxylation is 2. The largest absolute Gasteiger partial charge is 0.378 e. The summed E-state index contributed by atoms with van der Waals surface area (Å²) in [6.07, 6.45) is 5.18. The second-order valence-corrected chi connectivity index (χ2v) is 13.7. The van der Waals surface area contributed by atoms with E-state index < -0.39 is 11.8 Å². The number of piperazine rings is 1. The van der Waals surface area contributed by atoms with Crippen LogP contribution in [0.3, 0.4) is 0 Å². The van der Waals surface area contributed by atoms with Crippen molar-refractivity contribution in [1.29, 1.82) is 0 Å². The lowest BCUT2D eigenvalue weighted by atomic mass is 9.94. The van der Waals surface area contributed by atoms with Crippen LogP contribution in [0.25, 0.3) is 11.1 Å². The van der Waals surface area contributed by atoms with Crippen LogP contribution < -0.4 is 20.7 Å². The van der Waals surface area contributed by atoms with Gasteiger partial charge >= 0.3 is 0 Å². The molecule has 0 aromatic carbocycles. The highest BCUT2D eigenvalue weighted by atomic mass is 19.3. The molecule has 2 fully saturated rings. The van der Waals surface area contributed by atoms with Crippen molar-refractivity contribution in [3.8, 4) is 11.1 Å². The summed E-state index contributed by atoms with van der Waals surface area (Å²) < 4.78 is 36.9. The van der Waals surface area contributed by atoms with Crippen molar-refractivity contribution < 1.29 is 23.1 Å². The van der Waals surface area contributed by atoms with Crippen LogP contribution in [0.4, 0.5) is 31.8 Å². The highest BCUT2D eigenvalue weighted by Gasteiger charge is 2.40. The first-order valence-corrected chi connectivity index (χ1v) is 17.0. The standard InChI is InChI=1S/C36H38F2N8O4/c1-22-17-43(26-20-50-21-26)9-10-44(22)25-3-4-32(40-16-25)41-29-13-24(18-42(2)34(29)48)27-6-8-39-33(28(27)19-47)46-12-11-45-30(35(46)49)14-23-5-7-36(37,38)15-31(23)45/h3-4,6,8,13-14,16,18-19,22,26H,5,7,9-12,15,17,20-21H2,1-2H3,(H,40,41)/t22-/m0/s1. The van der Waals surface area contributed by atoms with Crippen LogP contribution in [0.15, 0.2) is 53.7 Å². The number of carbonyl (C=O) groups is 2. The Kier molecular flexibility index (Phi) is 8.02. The lowest BCUT2D eigenvalue weighted by Gasteiger charge is -2.46. The number of nitrogens with one attached hydrogen (secondary N) is 1. The third-order valence-electron chi connectivity index (χ3n) is 10.5. The Hall–Kier alpha value is -4.95. The highest BCUT2D eigenvalue weighted by Crippen LogP contribution is 2.37. The van der Waals surface area contributed by atoms with Crippen molar-refractivity contribution in [3.05, 3.63) is 81.8 Å². The molecule has 4 aliphatic rings. The zero-order chi connectivity index (χ0) is 34.7. The van der Waals surface area contributed by atoms with Crippen LogP contribution in [-0.2, 0) is 31.2 Å². The van der Waals surface area contributed by atoms with Gasteiger partial charge in [0.1, 0.15) is 23.0 Å². The molecule has 50 heavy (non-hydrogen) atoms. The van der Waals surface area contributed by atoms with Gasteiger partial charge in [0.05, 0.1) is 43.1 Å². The molecule has 7 heterocycles. The van der Waals surface area contributed by atoms with Crippen molar-refractivity contribution in [2.45, 2.75) is 50.7 Å². The minimum absolute atomic E-state index is 0.168. The summed E-state index contributed by atoms with van der Waals surface area (Å²) in [5.74, 6) is -2.53. The molecule has 8 rings (SSSR count). The number of aldehydes is 1. The van der Waals surface area contributed by atoms with Gasteiger partial charge in [-0.3, -0.25) is 24.2 Å². The third kappa shape index (κ3) is 5.65. The fraction of sp³-hybridized carbons (Fsp3) is 0.417. The van der Waals surface area contributed by atoms with Crippen LogP contribution >= 0.6 is 0 Å². The molecule has 0 unspecified atom stereocenters. The molecule has 2 saturated heterocycles. The Morgan fingerprint density at radius 3 is 2.62 bits per heavy atom. The topological polar surface area (TPSA) is 118 Å². The monoisotopic (exact) mass is 684 g/mol. The molecule has 0 radical (unpaired) electrons. The van der Waals surface area contributed by atoms with E-state index in [1.165, 1.54) is 15.7 Å². The molecule has 260 valence electrons. The minimum atomic E-state index is -2.80. The van der Waals surface area contributed by atoms with E-state index in [0.29, 0.717) is 53.2 Å². The van der Waals surface area contributed by atoms with Crippen molar-refractivity contribution in [3.63, 3.8) is 0 Å². The third-order valence-corrected chi connectivity index (χ3v) is 10.5. The number of carbonyl (C=O) groups excluding carboxylic acids is 2. The smallest absolute Gasteiger partial charge is 0.276 e. The second kappa shape index (κ2) is 12.4. The normalized spacial score (nSPS) is 20.6. The summed E-state index contributed by atoms with van der Waals surface area (Å²) in [6, 6.07) is 9.69. The van der Waals surface area contributed by atoms with E-state index in [2.05, 4.69) is 32.0 Å². The van der Waals surface area contributed by atoms with Crippen LogP contribution in [-0.4, -0.2) is 93.6 Å². The molecule has 14 heteroatoms. The molecule has 3 aliphatic heterocycles. The molecule has 4 aromatic rings. The SMILES string of the molecule is C[C@H]1CN(C2COC2)CCN1c1ccc(Nc2cc(-c3ccnc(N4CCn5c(cc6c5CC(F)(F)CC6)C4=O)c3C=O)cn(C)c2=O)nc1. The number of alkyl halides is 2. The van der Waals surface area contributed by atoms with E-state index in [4.69, 9.17) is 4.74 Å². The summed E-state index contributed by atoms with van der Waals surface area (Å²) in [6.45, 7) is 7.09. The summed E-state index contributed by atoms with van der Waals surface area (Å²) in [4.78, 5) is 55.0. The molecule has 1 aliphatic carbocycles. The Bertz CT molecular complexity index is 2040. The first-order valence-electron chi connectivity index (χ1n) is 17.0. The van der Waals surface area contributed by atoms with E-state index >= 15 is 0 Å². The fourth-order valence-electron chi connectivity index (χ4n) is 7.69. The van der Waals surface area contributed by atoms with Gasteiger partial charge in [-0.15, -0.1) is 0 Å². The number of pyridine rings is 3. The molecule has 0 bridgehead atoms. The van der Waals surface area contributed by atoms with E-state index in [-0.39, 0.29) is 48.4 Å². The van der Waals surface area contributed by atoms with E-state index in [0.717, 1.165) is 44.1 Å². The predicted molar refractivity (Wildman–Crippen MR) is 184 cm³/mol. The quantitative estimate of drug-likeness (QED) is 0.290. The van der Waals surface area contributed by atoms with Crippen molar-refractivity contribution in [1.82, 2.24) is 24.0 Å². The highest BCUT2D eigenvalue weighted by molar-refractivity contribution is 6.08. The van der Waals surface area contributed by atoms with Gasteiger partial charge in [0.25, 0.3) is 17.4 Å². The van der Waals surface area contributed by atoms with Gasteiger partial charge in [-0.1, -0.05) is 0 Å². The van der Waals surface area contributed by atoms with Crippen molar-refractivity contribution in [2.75, 3.05) is 54.5 Å². The Labute approximate surface area is 287 Å². The molecule has 1 N–H and O–H groups in total. The van der Waals surface area contributed by atoms with Crippen LogP contribution in [0.1, 0.15) is 45.4 Å². The van der Waals surface area contributed by atoms with Gasteiger partial charge in [0.15, 0.2) is 6.29 Å². The van der Waals surface area contributed by atoms with Gasteiger partial charge in [-0.05, 0) is 54.8 Å². The van der Waals surface area contributed by atoms with Crippen molar-refractivity contribution >= 4 is 35.2 Å². The maximum absolute atomic E-state index is 14.2. The Balaban J connectivity index is 1.04. The van der Waals surface area contributed by atoms with Gasteiger partial charge in [0.2, 0.25) is 0 Å². The van der Waals surface area contributed by atoms with Gasteiger partial charge in [0, 0.05) is 75.9 Å². The van der Waals surface area contributed by atoms with Gasteiger partial charge < -0.3 is 24.1 Å². The number of hydrogen-bond donors (Lipinski definition) is 1. The maximum atomic E-state index is 14.2. The number of rotatable bonds is 7. The van der Waals surface area contributed by atoms with E-state index in [1.54, 1.807) is 36.0 Å². The van der Waals surface area contributed by atoms with Crippen LogP contribution in [0, 0.1) is 0 Å². The fourth-order valence-corrected chi connectivity index (χ4v) is 7.69.